The van der Waals surface area contributed by atoms with Crippen LogP contribution in [0.4, 0.5) is 4.79 Å². The number of carbonyl (C=O) groups is 5. The molecule has 0 aromatic carbocycles. The number of carbonyl (C=O) groups excluding carboxylic acids is 5. The second-order valence-corrected chi connectivity index (χ2v) is 10.8. The summed E-state index contributed by atoms with van der Waals surface area (Å²) in [5.74, 6) is -2.24. The van der Waals surface area contributed by atoms with Crippen LogP contribution in [0.1, 0.15) is 85.5 Å². The van der Waals surface area contributed by atoms with Crippen LogP contribution in [0.3, 0.4) is 0 Å². The fourth-order valence-corrected chi connectivity index (χ4v) is 5.00. The second kappa shape index (κ2) is 15.5. The predicted molar refractivity (Wildman–Crippen MR) is 139 cm³/mol. The minimum Gasteiger partial charge on any atom is -0.501 e. The summed E-state index contributed by atoms with van der Waals surface area (Å²) in [7, 11) is 0. The van der Waals surface area contributed by atoms with E-state index in [9.17, 15) is 24.0 Å². The average Bonchev–Trinajstić information content (AvgIpc) is 3.11. The van der Waals surface area contributed by atoms with Crippen LogP contribution < -0.4 is 10.6 Å². The van der Waals surface area contributed by atoms with E-state index in [1.807, 2.05) is 20.8 Å². The largest absolute Gasteiger partial charge is 0.501 e. The Bertz CT molecular complexity index is 832. The van der Waals surface area contributed by atoms with Gasteiger partial charge in [-0.1, -0.05) is 46.5 Å². The molecule has 0 aromatic rings. The van der Waals surface area contributed by atoms with E-state index in [0.29, 0.717) is 19.3 Å². The van der Waals surface area contributed by atoms with Crippen LogP contribution in [0.15, 0.2) is 12.3 Å². The third kappa shape index (κ3) is 10.3. The van der Waals surface area contributed by atoms with E-state index in [0.717, 1.165) is 32.1 Å². The number of nitrogens with one attached hydrogen (secondary N) is 2. The van der Waals surface area contributed by atoms with Crippen molar-refractivity contribution in [3.8, 4) is 0 Å². The molecular formula is C28H44N2O7. The van der Waals surface area contributed by atoms with Crippen molar-refractivity contribution in [3.05, 3.63) is 12.3 Å². The highest BCUT2D eigenvalue weighted by Gasteiger charge is 2.34. The van der Waals surface area contributed by atoms with Gasteiger partial charge in [-0.05, 0) is 49.5 Å². The quantitative estimate of drug-likeness (QED) is 0.353. The summed E-state index contributed by atoms with van der Waals surface area (Å²) in [6.45, 7) is 7.37. The normalized spacial score (nSPS) is 21.8. The molecular weight excluding hydrogens is 476 g/mol. The monoisotopic (exact) mass is 520 g/mol. The van der Waals surface area contributed by atoms with Gasteiger partial charge in [-0.25, -0.2) is 4.79 Å². The Hall–Kier alpha value is -2.71. The van der Waals surface area contributed by atoms with Gasteiger partial charge in [0.1, 0.15) is 0 Å². The van der Waals surface area contributed by atoms with Crippen molar-refractivity contribution in [3.63, 3.8) is 0 Å². The number of alkyl carbamates (subject to hydrolysis) is 1. The number of allylic oxidation sites excluding steroid dienone is 1. The first kappa shape index (κ1) is 30.5. The lowest BCUT2D eigenvalue weighted by atomic mass is 9.80. The third-order valence-corrected chi connectivity index (χ3v) is 7.01. The van der Waals surface area contributed by atoms with Crippen molar-refractivity contribution in [1.29, 1.82) is 0 Å². The molecule has 0 saturated heterocycles. The molecule has 1 fully saturated rings. The molecule has 2 amide bonds. The summed E-state index contributed by atoms with van der Waals surface area (Å²) < 4.78 is 10.8. The highest BCUT2D eigenvalue weighted by molar-refractivity contribution is 6.38. The topological polar surface area (TPSA) is 128 Å². The molecule has 0 spiro atoms. The van der Waals surface area contributed by atoms with E-state index in [4.69, 9.17) is 9.47 Å². The van der Waals surface area contributed by atoms with Crippen LogP contribution in [0, 0.1) is 23.7 Å². The van der Waals surface area contributed by atoms with Gasteiger partial charge in [0.15, 0.2) is 11.6 Å². The first-order valence-electron chi connectivity index (χ1n) is 13.7. The standard InChI is InChI=1S/C28H44N2O7/c1-5-9-23(26(33)19(4)31)29-27(34)22-14-20(12-13-36-17-22)15-24(32)25(21-10-7-6-8-11-21)30-28(35)37-16-18(2)3/h12-13,18,20-23,25H,5-11,14-17H2,1-4H3,(H,29,34)(H,30,35)/t20?,22-,23?,25-/m0/s1. The van der Waals surface area contributed by atoms with Gasteiger partial charge in [-0.15, -0.1) is 0 Å². The van der Waals surface area contributed by atoms with Crippen molar-refractivity contribution in [2.45, 2.75) is 97.6 Å². The van der Waals surface area contributed by atoms with Crippen LogP contribution in [-0.2, 0) is 28.7 Å². The van der Waals surface area contributed by atoms with Gasteiger partial charge in [0.05, 0.1) is 37.5 Å². The maximum Gasteiger partial charge on any atom is 0.407 e. The number of ether oxygens (including phenoxy) is 2. The Labute approximate surface area is 220 Å². The van der Waals surface area contributed by atoms with Gasteiger partial charge in [-0.2, -0.15) is 0 Å². The highest BCUT2D eigenvalue weighted by atomic mass is 16.5. The minimum absolute atomic E-state index is 0.0605. The fourth-order valence-electron chi connectivity index (χ4n) is 5.00. The van der Waals surface area contributed by atoms with Gasteiger partial charge in [0.25, 0.3) is 0 Å². The molecule has 1 saturated carbocycles. The maximum absolute atomic E-state index is 13.5. The number of rotatable bonds is 13. The number of amides is 2. The first-order chi connectivity index (χ1) is 17.6. The van der Waals surface area contributed by atoms with Crippen LogP contribution in [0.2, 0.25) is 0 Å². The molecule has 1 heterocycles. The van der Waals surface area contributed by atoms with Crippen LogP contribution >= 0.6 is 0 Å². The summed E-state index contributed by atoms with van der Waals surface area (Å²) >= 11 is 0. The smallest absolute Gasteiger partial charge is 0.407 e. The van der Waals surface area contributed by atoms with Crippen LogP contribution in [0.25, 0.3) is 0 Å². The van der Waals surface area contributed by atoms with Crippen molar-refractivity contribution in [2.24, 2.45) is 23.7 Å². The zero-order valence-corrected chi connectivity index (χ0v) is 22.8. The number of hydrogen-bond donors (Lipinski definition) is 2. The average molecular weight is 521 g/mol. The van der Waals surface area contributed by atoms with Crippen molar-refractivity contribution < 1.29 is 33.4 Å². The molecule has 1 aliphatic heterocycles. The molecule has 208 valence electrons. The molecule has 0 aromatic heterocycles. The molecule has 0 radical (unpaired) electrons. The molecule has 9 nitrogen and oxygen atoms in total. The van der Waals surface area contributed by atoms with Crippen molar-refractivity contribution in [2.75, 3.05) is 13.2 Å². The first-order valence-corrected chi connectivity index (χ1v) is 13.7. The second-order valence-electron chi connectivity index (χ2n) is 10.8. The van der Waals surface area contributed by atoms with Crippen molar-refractivity contribution >= 4 is 29.4 Å². The zero-order valence-electron chi connectivity index (χ0n) is 22.8. The predicted octanol–water partition coefficient (Wildman–Crippen LogP) is 3.89. The van der Waals surface area contributed by atoms with E-state index in [-0.39, 0.29) is 49.1 Å². The van der Waals surface area contributed by atoms with E-state index in [1.54, 1.807) is 6.08 Å². The lowest BCUT2D eigenvalue weighted by molar-refractivity contribution is -0.138. The number of Topliss-reactive ketones (excluding diaryl/α,β-unsaturated/α-hetero) is 3. The molecule has 4 atom stereocenters. The van der Waals surface area contributed by atoms with Crippen LogP contribution in [-0.4, -0.2) is 54.6 Å². The highest BCUT2D eigenvalue weighted by Crippen LogP contribution is 2.30. The van der Waals surface area contributed by atoms with Gasteiger partial charge >= 0.3 is 6.09 Å². The molecule has 37 heavy (non-hydrogen) atoms. The Kier molecular flexibility index (Phi) is 12.8. The van der Waals surface area contributed by atoms with Crippen LogP contribution in [0.5, 0.6) is 0 Å². The summed E-state index contributed by atoms with van der Waals surface area (Å²) in [5.41, 5.74) is 0. The summed E-state index contributed by atoms with van der Waals surface area (Å²) in [6.07, 6.45) is 9.15. The molecule has 2 rings (SSSR count). The Balaban J connectivity index is 2.06. The van der Waals surface area contributed by atoms with Crippen molar-refractivity contribution in [1.82, 2.24) is 10.6 Å². The van der Waals surface area contributed by atoms with Gasteiger partial charge in [0.2, 0.25) is 11.7 Å². The van der Waals surface area contributed by atoms with E-state index in [1.165, 1.54) is 13.2 Å². The Morgan fingerprint density at radius 3 is 2.38 bits per heavy atom. The minimum atomic E-state index is -0.858. The Morgan fingerprint density at radius 2 is 1.76 bits per heavy atom. The van der Waals surface area contributed by atoms with E-state index >= 15 is 0 Å². The SMILES string of the molecule is CCCC(NC(=O)[C@@H]1COC=CC(CC(=O)[C@@H](NC(=O)OCC(C)C)C2CCCCC2)C1)C(=O)C(C)=O. The summed E-state index contributed by atoms with van der Waals surface area (Å²) in [6, 6.07) is -1.49. The molecule has 1 aliphatic carbocycles. The zero-order chi connectivity index (χ0) is 27.4. The maximum atomic E-state index is 13.5. The van der Waals surface area contributed by atoms with E-state index < -0.39 is 35.7 Å². The Morgan fingerprint density at radius 1 is 1.05 bits per heavy atom. The fraction of sp³-hybridized carbons (Fsp3) is 0.750. The third-order valence-electron chi connectivity index (χ3n) is 7.01. The molecule has 2 N–H and O–H groups in total. The summed E-state index contributed by atoms with van der Waals surface area (Å²) in [5, 5.41) is 5.55. The van der Waals surface area contributed by atoms with Gasteiger partial charge in [0, 0.05) is 13.3 Å². The summed E-state index contributed by atoms with van der Waals surface area (Å²) in [4.78, 5) is 62.7. The molecule has 9 heteroatoms. The van der Waals surface area contributed by atoms with Gasteiger partial charge < -0.3 is 20.1 Å². The number of ketones is 3. The molecule has 2 unspecified atom stereocenters. The number of hydrogen-bond acceptors (Lipinski definition) is 7. The molecule has 2 aliphatic rings. The van der Waals surface area contributed by atoms with Gasteiger partial charge in [-0.3, -0.25) is 19.2 Å². The lowest BCUT2D eigenvalue weighted by Gasteiger charge is -2.30. The molecule has 0 bridgehead atoms. The van der Waals surface area contributed by atoms with E-state index in [2.05, 4.69) is 10.6 Å². The lowest BCUT2D eigenvalue weighted by Crippen LogP contribution is -2.48.